The Morgan fingerprint density at radius 3 is 2.47 bits per heavy atom. The zero-order valence-corrected chi connectivity index (χ0v) is 18.9. The highest BCUT2D eigenvalue weighted by atomic mass is 35.5. The fraction of sp³-hybridized carbons (Fsp3) is 0.381. The number of halogens is 2. The zero-order valence-electron chi connectivity index (χ0n) is 16.6. The van der Waals surface area contributed by atoms with Crippen LogP contribution < -0.4 is 10.1 Å². The number of nitrogens with one attached hydrogen (secondary N) is 1. The number of ether oxygens (including phenoxy) is 1. The summed E-state index contributed by atoms with van der Waals surface area (Å²) in [4.78, 5) is 12.5. The maximum atomic E-state index is 12.8. The summed E-state index contributed by atoms with van der Waals surface area (Å²) in [7, 11) is -3.53. The van der Waals surface area contributed by atoms with Gasteiger partial charge in [0.1, 0.15) is 17.4 Å². The second-order valence-electron chi connectivity index (χ2n) is 7.27. The monoisotopic (exact) mass is 470 g/mol. The van der Waals surface area contributed by atoms with Crippen molar-refractivity contribution in [2.45, 2.75) is 24.7 Å². The van der Waals surface area contributed by atoms with E-state index in [1.807, 2.05) is 0 Å². The van der Waals surface area contributed by atoms with Gasteiger partial charge in [-0.1, -0.05) is 36.2 Å². The van der Waals surface area contributed by atoms with Gasteiger partial charge in [0.25, 0.3) is 5.91 Å². The largest absolute Gasteiger partial charge is 0.490 e. The highest BCUT2D eigenvalue weighted by Crippen LogP contribution is 2.31. The van der Waals surface area contributed by atoms with Crippen LogP contribution in [0.2, 0.25) is 10.0 Å². The number of carbonyl (C=O) groups is 1. The van der Waals surface area contributed by atoms with E-state index < -0.39 is 10.0 Å². The lowest BCUT2D eigenvalue weighted by molar-refractivity contribution is 0.0947. The molecule has 162 valence electrons. The van der Waals surface area contributed by atoms with Gasteiger partial charge in [0.05, 0.1) is 16.5 Å². The number of amides is 1. The summed E-state index contributed by atoms with van der Waals surface area (Å²) in [5.41, 5.74) is 0.377. The smallest absolute Gasteiger partial charge is 0.251 e. The van der Waals surface area contributed by atoms with Gasteiger partial charge in [-0.25, -0.2) is 8.42 Å². The van der Waals surface area contributed by atoms with Gasteiger partial charge in [0.2, 0.25) is 10.0 Å². The van der Waals surface area contributed by atoms with Crippen LogP contribution in [0.1, 0.15) is 30.1 Å². The lowest BCUT2D eigenvalue weighted by atomic mass is 10.0. The SMILES string of the molecule is CC1CCN(S(=O)(=O)c2ccc(C(=O)NCCOc3cccc(Cl)c3Cl)cc2)CC1. The van der Waals surface area contributed by atoms with Crippen LogP contribution in [0.5, 0.6) is 5.75 Å². The zero-order chi connectivity index (χ0) is 21.7. The van der Waals surface area contributed by atoms with Crippen LogP contribution in [0.3, 0.4) is 0 Å². The molecule has 0 bridgehead atoms. The average molecular weight is 471 g/mol. The van der Waals surface area contributed by atoms with Crippen LogP contribution >= 0.6 is 23.2 Å². The molecule has 0 aromatic heterocycles. The van der Waals surface area contributed by atoms with E-state index in [0.29, 0.717) is 40.4 Å². The van der Waals surface area contributed by atoms with Crippen molar-refractivity contribution in [2.75, 3.05) is 26.2 Å². The van der Waals surface area contributed by atoms with Crippen molar-refractivity contribution in [3.05, 3.63) is 58.1 Å². The molecule has 0 saturated carbocycles. The second-order valence-corrected chi connectivity index (χ2v) is 9.99. The maximum Gasteiger partial charge on any atom is 0.251 e. The van der Waals surface area contributed by atoms with Crippen molar-refractivity contribution in [1.82, 2.24) is 9.62 Å². The van der Waals surface area contributed by atoms with E-state index in [0.717, 1.165) is 12.8 Å². The predicted octanol–water partition coefficient (Wildman–Crippen LogP) is 4.22. The van der Waals surface area contributed by atoms with E-state index in [9.17, 15) is 13.2 Å². The molecule has 1 N–H and O–H groups in total. The quantitative estimate of drug-likeness (QED) is 0.614. The van der Waals surface area contributed by atoms with Gasteiger partial charge >= 0.3 is 0 Å². The molecule has 1 aliphatic rings. The molecule has 1 heterocycles. The first kappa shape index (κ1) is 22.9. The van der Waals surface area contributed by atoms with E-state index in [1.54, 1.807) is 18.2 Å². The molecule has 0 radical (unpaired) electrons. The van der Waals surface area contributed by atoms with Crippen molar-refractivity contribution >= 4 is 39.1 Å². The highest BCUT2D eigenvalue weighted by Gasteiger charge is 2.28. The molecule has 9 heteroatoms. The highest BCUT2D eigenvalue weighted by molar-refractivity contribution is 7.89. The van der Waals surface area contributed by atoms with E-state index in [2.05, 4.69) is 12.2 Å². The number of piperidine rings is 1. The summed E-state index contributed by atoms with van der Waals surface area (Å²) >= 11 is 12.0. The molecule has 2 aromatic rings. The predicted molar refractivity (Wildman–Crippen MR) is 118 cm³/mol. The second kappa shape index (κ2) is 10.0. The van der Waals surface area contributed by atoms with Crippen LogP contribution in [0.4, 0.5) is 0 Å². The van der Waals surface area contributed by atoms with Crippen molar-refractivity contribution in [1.29, 1.82) is 0 Å². The number of hydrogen-bond donors (Lipinski definition) is 1. The summed E-state index contributed by atoms with van der Waals surface area (Å²) in [6, 6.07) is 11.1. The van der Waals surface area contributed by atoms with Gasteiger partial charge in [-0.05, 0) is 55.2 Å². The van der Waals surface area contributed by atoms with Crippen molar-refractivity contribution in [3.63, 3.8) is 0 Å². The first-order chi connectivity index (χ1) is 14.3. The molecule has 1 fully saturated rings. The van der Waals surface area contributed by atoms with E-state index in [1.165, 1.54) is 28.6 Å². The Kier molecular flexibility index (Phi) is 7.63. The van der Waals surface area contributed by atoms with Gasteiger partial charge in [0, 0.05) is 18.7 Å². The number of rotatable bonds is 7. The van der Waals surface area contributed by atoms with E-state index >= 15 is 0 Å². The van der Waals surface area contributed by atoms with Crippen LogP contribution in [0, 0.1) is 5.92 Å². The third-order valence-electron chi connectivity index (χ3n) is 5.06. The van der Waals surface area contributed by atoms with Crippen LogP contribution in [-0.4, -0.2) is 44.9 Å². The standard InChI is InChI=1S/C21H24Cl2N2O4S/c1-15-9-12-25(13-10-15)30(27,28)17-7-5-16(6-8-17)21(26)24-11-14-29-19-4-2-3-18(22)20(19)23/h2-8,15H,9-14H2,1H3,(H,24,26). The Morgan fingerprint density at radius 1 is 1.13 bits per heavy atom. The van der Waals surface area contributed by atoms with Crippen molar-refractivity contribution < 1.29 is 17.9 Å². The molecule has 0 aliphatic carbocycles. The van der Waals surface area contributed by atoms with Gasteiger partial charge in [-0.15, -0.1) is 0 Å². The van der Waals surface area contributed by atoms with E-state index in [-0.39, 0.29) is 24.0 Å². The summed E-state index contributed by atoms with van der Waals surface area (Å²) < 4.78 is 32.6. The molecule has 1 saturated heterocycles. The Balaban J connectivity index is 1.53. The number of carbonyl (C=O) groups excluding carboxylic acids is 1. The molecular weight excluding hydrogens is 447 g/mol. The summed E-state index contributed by atoms with van der Waals surface area (Å²) in [6.45, 7) is 3.66. The van der Waals surface area contributed by atoms with Crippen molar-refractivity contribution in [2.24, 2.45) is 5.92 Å². The van der Waals surface area contributed by atoms with Gasteiger partial charge < -0.3 is 10.1 Å². The minimum Gasteiger partial charge on any atom is -0.490 e. The normalized spacial score (nSPS) is 15.7. The molecule has 0 atom stereocenters. The molecule has 6 nitrogen and oxygen atoms in total. The molecular formula is C21H24Cl2N2O4S. The number of sulfonamides is 1. The Morgan fingerprint density at radius 2 is 1.80 bits per heavy atom. The molecule has 0 unspecified atom stereocenters. The molecule has 2 aromatic carbocycles. The first-order valence-corrected chi connectivity index (χ1v) is 11.9. The number of nitrogens with zero attached hydrogens (tertiary/aromatic N) is 1. The Hall–Kier alpha value is -1.80. The maximum absolute atomic E-state index is 12.8. The lowest BCUT2D eigenvalue weighted by Crippen LogP contribution is -2.37. The van der Waals surface area contributed by atoms with Gasteiger partial charge in [-0.2, -0.15) is 4.31 Å². The molecule has 3 rings (SSSR count). The minimum atomic E-state index is -3.53. The van der Waals surface area contributed by atoms with Crippen LogP contribution in [0.25, 0.3) is 0 Å². The van der Waals surface area contributed by atoms with Crippen LogP contribution in [-0.2, 0) is 10.0 Å². The summed E-state index contributed by atoms with van der Waals surface area (Å²) in [6.07, 6.45) is 1.73. The molecule has 1 amide bonds. The molecule has 1 aliphatic heterocycles. The Labute approximate surface area is 187 Å². The van der Waals surface area contributed by atoms with Crippen molar-refractivity contribution in [3.8, 4) is 5.75 Å². The van der Waals surface area contributed by atoms with Gasteiger partial charge in [-0.3, -0.25) is 4.79 Å². The van der Waals surface area contributed by atoms with E-state index in [4.69, 9.17) is 27.9 Å². The van der Waals surface area contributed by atoms with Gasteiger partial charge in [0.15, 0.2) is 0 Å². The fourth-order valence-corrected chi connectivity index (χ4v) is 4.99. The number of benzene rings is 2. The minimum absolute atomic E-state index is 0.201. The summed E-state index contributed by atoms with van der Waals surface area (Å²) in [5.74, 6) is 0.674. The summed E-state index contributed by atoms with van der Waals surface area (Å²) in [5, 5.41) is 3.45. The first-order valence-electron chi connectivity index (χ1n) is 9.74. The number of hydrogen-bond acceptors (Lipinski definition) is 4. The molecule has 0 spiro atoms. The third kappa shape index (κ3) is 5.46. The molecule has 30 heavy (non-hydrogen) atoms. The lowest BCUT2D eigenvalue weighted by Gasteiger charge is -2.29. The Bertz CT molecular complexity index is 989. The third-order valence-corrected chi connectivity index (χ3v) is 7.77. The fourth-order valence-electron chi connectivity index (χ4n) is 3.18. The average Bonchev–Trinajstić information content (AvgIpc) is 2.74. The van der Waals surface area contributed by atoms with Crippen LogP contribution in [0.15, 0.2) is 47.4 Å². The topological polar surface area (TPSA) is 75.7 Å².